The van der Waals surface area contributed by atoms with Crippen LogP contribution in [-0.4, -0.2) is 5.92 Å². The Morgan fingerprint density at radius 1 is 0.917 bits per heavy atom. The minimum Gasteiger partial charge on any atom is -0.206 e. The van der Waals surface area contributed by atoms with Gasteiger partial charge in [0.15, 0.2) is 0 Å². The third-order valence-corrected chi connectivity index (χ3v) is 2.68. The summed E-state index contributed by atoms with van der Waals surface area (Å²) in [5.74, 6) is -2.62. The molecule has 0 heterocycles. The average molecular weight is 178 g/mol. The molecule has 0 aromatic carbocycles. The van der Waals surface area contributed by atoms with E-state index in [2.05, 4.69) is 0 Å². The molecule has 0 aromatic rings. The van der Waals surface area contributed by atoms with E-state index < -0.39 is 16.8 Å². The van der Waals surface area contributed by atoms with Crippen LogP contribution in [0.2, 0.25) is 0 Å². The molecule has 0 aromatic heterocycles. The Bertz CT molecular complexity index is 152. The molecular formula is C10H20F2. The summed E-state index contributed by atoms with van der Waals surface area (Å²) < 4.78 is 27.4. The summed E-state index contributed by atoms with van der Waals surface area (Å²) in [6.45, 7) is 9.81. The van der Waals surface area contributed by atoms with E-state index in [1.54, 1.807) is 41.5 Å². The summed E-state index contributed by atoms with van der Waals surface area (Å²) in [4.78, 5) is 0. The summed E-state index contributed by atoms with van der Waals surface area (Å²) >= 11 is 0. The largest absolute Gasteiger partial charge is 0.257 e. The molecule has 0 aliphatic carbocycles. The molecule has 0 saturated carbocycles. The summed E-state index contributed by atoms with van der Waals surface area (Å²) in [5.41, 5.74) is -1.86. The van der Waals surface area contributed by atoms with Crippen molar-refractivity contribution < 1.29 is 8.78 Å². The molecule has 0 nitrogen and oxygen atoms in total. The lowest BCUT2D eigenvalue weighted by Gasteiger charge is -2.42. The van der Waals surface area contributed by atoms with Gasteiger partial charge in [-0.05, 0) is 6.42 Å². The fraction of sp³-hybridized carbons (Fsp3) is 1.00. The van der Waals surface area contributed by atoms with Gasteiger partial charge in [-0.25, -0.2) is 8.78 Å². The maximum atomic E-state index is 13.7. The van der Waals surface area contributed by atoms with E-state index in [9.17, 15) is 8.78 Å². The second-order valence-electron chi connectivity index (χ2n) is 5.06. The molecule has 12 heavy (non-hydrogen) atoms. The van der Waals surface area contributed by atoms with Gasteiger partial charge in [-0.1, -0.05) is 41.5 Å². The first-order chi connectivity index (χ1) is 5.06. The minimum atomic E-state index is -2.62. The van der Waals surface area contributed by atoms with Gasteiger partial charge >= 0.3 is 0 Å². The molecule has 74 valence electrons. The van der Waals surface area contributed by atoms with Gasteiger partial charge in [0, 0.05) is 10.8 Å². The van der Waals surface area contributed by atoms with Gasteiger partial charge in [0.1, 0.15) is 0 Å². The normalized spacial score (nSPS) is 15.0. The number of hydrogen-bond acceptors (Lipinski definition) is 0. The third-order valence-electron chi connectivity index (χ3n) is 2.68. The van der Waals surface area contributed by atoms with E-state index in [1.165, 1.54) is 0 Å². The predicted octanol–water partition coefficient (Wildman–Crippen LogP) is 4.10. The predicted molar refractivity (Wildman–Crippen MR) is 48.5 cm³/mol. The van der Waals surface area contributed by atoms with Crippen LogP contribution < -0.4 is 0 Å². The standard InChI is InChI=1S/C10H20F2/c1-7-9(5,6)10(11,12)8(2,3)4/h7H2,1-6H3. The highest BCUT2D eigenvalue weighted by Gasteiger charge is 2.53. The van der Waals surface area contributed by atoms with Crippen molar-refractivity contribution in [2.45, 2.75) is 53.9 Å². The third kappa shape index (κ3) is 1.78. The molecule has 0 radical (unpaired) electrons. The van der Waals surface area contributed by atoms with Crippen molar-refractivity contribution in [2.24, 2.45) is 10.8 Å². The van der Waals surface area contributed by atoms with Crippen LogP contribution >= 0.6 is 0 Å². The molecule has 0 aliphatic rings. The van der Waals surface area contributed by atoms with E-state index in [4.69, 9.17) is 0 Å². The summed E-state index contributed by atoms with van der Waals surface area (Å²) in [5, 5.41) is 0. The first-order valence-corrected chi connectivity index (χ1v) is 4.44. The number of alkyl halides is 2. The van der Waals surface area contributed by atoms with Crippen LogP contribution in [0.1, 0.15) is 48.0 Å². The van der Waals surface area contributed by atoms with Crippen molar-refractivity contribution in [2.75, 3.05) is 0 Å². The number of hydrogen-bond donors (Lipinski definition) is 0. The molecular weight excluding hydrogens is 158 g/mol. The van der Waals surface area contributed by atoms with Gasteiger partial charge in [-0.3, -0.25) is 0 Å². The Hall–Kier alpha value is -0.140. The van der Waals surface area contributed by atoms with E-state index in [0.29, 0.717) is 6.42 Å². The number of halogens is 2. The zero-order chi connectivity index (χ0) is 10.2. The molecule has 0 N–H and O–H groups in total. The van der Waals surface area contributed by atoms with Gasteiger partial charge < -0.3 is 0 Å². The quantitative estimate of drug-likeness (QED) is 0.597. The molecule has 0 bridgehead atoms. The summed E-state index contributed by atoms with van der Waals surface area (Å²) in [7, 11) is 0. The molecule has 0 saturated heterocycles. The van der Waals surface area contributed by atoms with Gasteiger partial charge in [0.25, 0.3) is 5.92 Å². The lowest BCUT2D eigenvalue weighted by molar-refractivity contribution is -0.181. The van der Waals surface area contributed by atoms with Crippen LogP contribution in [0.15, 0.2) is 0 Å². The molecule has 0 rings (SSSR count). The highest BCUT2D eigenvalue weighted by atomic mass is 19.3. The van der Waals surface area contributed by atoms with Crippen molar-refractivity contribution in [3.63, 3.8) is 0 Å². The lowest BCUT2D eigenvalue weighted by atomic mass is 9.70. The van der Waals surface area contributed by atoms with Crippen LogP contribution in [0.25, 0.3) is 0 Å². The van der Waals surface area contributed by atoms with E-state index in [-0.39, 0.29) is 0 Å². The number of rotatable bonds is 2. The molecule has 0 atom stereocenters. The zero-order valence-corrected chi connectivity index (χ0v) is 8.96. The van der Waals surface area contributed by atoms with Gasteiger partial charge in [0.05, 0.1) is 0 Å². The molecule has 0 fully saturated rings. The fourth-order valence-electron chi connectivity index (χ4n) is 1.24. The highest BCUT2D eigenvalue weighted by molar-refractivity contribution is 4.93. The molecule has 0 amide bonds. The Morgan fingerprint density at radius 2 is 1.25 bits per heavy atom. The topological polar surface area (TPSA) is 0 Å². The van der Waals surface area contributed by atoms with Crippen molar-refractivity contribution in [3.8, 4) is 0 Å². The maximum Gasteiger partial charge on any atom is 0.257 e. The van der Waals surface area contributed by atoms with E-state index in [0.717, 1.165) is 0 Å². The van der Waals surface area contributed by atoms with Gasteiger partial charge in [-0.2, -0.15) is 0 Å². The Kier molecular flexibility index (Phi) is 2.93. The van der Waals surface area contributed by atoms with Crippen molar-refractivity contribution in [3.05, 3.63) is 0 Å². The van der Waals surface area contributed by atoms with E-state index in [1.807, 2.05) is 0 Å². The fourth-order valence-corrected chi connectivity index (χ4v) is 1.24. The Morgan fingerprint density at radius 3 is 1.33 bits per heavy atom. The Labute approximate surface area is 74.4 Å². The average Bonchev–Trinajstić information content (AvgIpc) is 1.85. The maximum absolute atomic E-state index is 13.7. The highest BCUT2D eigenvalue weighted by Crippen LogP contribution is 2.49. The smallest absolute Gasteiger partial charge is 0.206 e. The Balaban J connectivity index is 4.85. The zero-order valence-electron chi connectivity index (χ0n) is 8.96. The minimum absolute atomic E-state index is 0.497. The molecule has 0 spiro atoms. The monoisotopic (exact) mass is 178 g/mol. The van der Waals surface area contributed by atoms with Crippen LogP contribution in [0.3, 0.4) is 0 Å². The SMILES string of the molecule is CCC(C)(C)C(F)(F)C(C)(C)C. The van der Waals surface area contributed by atoms with E-state index >= 15 is 0 Å². The summed E-state index contributed by atoms with van der Waals surface area (Å²) in [6, 6.07) is 0. The molecule has 0 aliphatic heterocycles. The van der Waals surface area contributed by atoms with Crippen LogP contribution in [0.5, 0.6) is 0 Å². The molecule has 2 heteroatoms. The summed E-state index contributed by atoms with van der Waals surface area (Å²) in [6.07, 6.45) is 0.497. The molecule has 0 unspecified atom stereocenters. The van der Waals surface area contributed by atoms with Crippen LogP contribution in [0.4, 0.5) is 8.78 Å². The van der Waals surface area contributed by atoms with Crippen molar-refractivity contribution in [1.29, 1.82) is 0 Å². The first kappa shape index (κ1) is 11.9. The van der Waals surface area contributed by atoms with Crippen molar-refractivity contribution in [1.82, 2.24) is 0 Å². The second-order valence-corrected chi connectivity index (χ2v) is 5.06. The van der Waals surface area contributed by atoms with Gasteiger partial charge in [0.2, 0.25) is 0 Å². The first-order valence-electron chi connectivity index (χ1n) is 4.44. The lowest BCUT2D eigenvalue weighted by Crippen LogP contribution is -2.46. The van der Waals surface area contributed by atoms with Crippen LogP contribution in [-0.2, 0) is 0 Å². The van der Waals surface area contributed by atoms with Crippen LogP contribution in [0, 0.1) is 10.8 Å². The van der Waals surface area contributed by atoms with Crippen molar-refractivity contribution >= 4 is 0 Å². The second kappa shape index (κ2) is 2.97. The van der Waals surface area contributed by atoms with Gasteiger partial charge in [-0.15, -0.1) is 0 Å².